The molecule has 0 unspecified atom stereocenters. The van der Waals surface area contributed by atoms with Gasteiger partial charge in [-0.1, -0.05) is 54.6 Å². The maximum absolute atomic E-state index is 12.1. The summed E-state index contributed by atoms with van der Waals surface area (Å²) >= 11 is 17.6. The maximum Gasteiger partial charge on any atom is 0.291 e. The summed E-state index contributed by atoms with van der Waals surface area (Å²) in [7, 11) is 0. The van der Waals surface area contributed by atoms with Crippen molar-refractivity contribution < 1.29 is 9.53 Å². The minimum atomic E-state index is -0.655. The topological polar surface area (TPSA) is 89.6 Å². The normalized spacial score (nSPS) is 11.0. The summed E-state index contributed by atoms with van der Waals surface area (Å²) in [5.74, 6) is 0.131. The van der Waals surface area contributed by atoms with Gasteiger partial charge in [-0.2, -0.15) is 5.10 Å². The van der Waals surface area contributed by atoms with Crippen molar-refractivity contribution >= 4 is 52.6 Å². The molecule has 0 aliphatic heterocycles. The molecule has 0 aliphatic rings. The van der Waals surface area contributed by atoms with E-state index < -0.39 is 5.91 Å². The molecule has 0 fully saturated rings. The fourth-order valence-corrected chi connectivity index (χ4v) is 2.69. The smallest absolute Gasteiger partial charge is 0.291 e. The van der Waals surface area contributed by atoms with Gasteiger partial charge in [0.05, 0.1) is 23.5 Å². The van der Waals surface area contributed by atoms with E-state index in [0.717, 1.165) is 30.6 Å². The first-order chi connectivity index (χ1) is 12.9. The molecule has 0 saturated carbocycles. The number of pyridine rings is 1. The molecule has 0 saturated heterocycles. The van der Waals surface area contributed by atoms with Crippen LogP contribution in [0.4, 0.5) is 5.69 Å². The molecule has 144 valence electrons. The van der Waals surface area contributed by atoms with E-state index in [9.17, 15) is 4.79 Å². The van der Waals surface area contributed by atoms with Crippen molar-refractivity contribution in [2.45, 2.75) is 26.2 Å². The minimum absolute atomic E-state index is 0.00118. The number of rotatable bonds is 8. The van der Waals surface area contributed by atoms with E-state index >= 15 is 0 Å². The summed E-state index contributed by atoms with van der Waals surface area (Å²) < 4.78 is 5.64. The van der Waals surface area contributed by atoms with Crippen LogP contribution in [0.5, 0.6) is 5.75 Å². The number of nitrogens with one attached hydrogen (secondary N) is 1. The molecule has 3 N–H and O–H groups in total. The number of nitrogens with two attached hydrogens (primary N) is 1. The van der Waals surface area contributed by atoms with Crippen LogP contribution < -0.4 is 15.9 Å². The first-order valence-corrected chi connectivity index (χ1v) is 9.43. The Morgan fingerprint density at radius 3 is 2.59 bits per heavy atom. The lowest BCUT2D eigenvalue weighted by Crippen LogP contribution is -2.20. The molecule has 0 atom stereocenters. The quantitative estimate of drug-likeness (QED) is 0.269. The number of hydrogen-bond donors (Lipinski definition) is 2. The highest BCUT2D eigenvalue weighted by Crippen LogP contribution is 2.34. The molecule has 1 aromatic carbocycles. The van der Waals surface area contributed by atoms with Gasteiger partial charge in [-0.15, -0.1) is 0 Å². The molecular formula is C18H19Cl3N4O2. The van der Waals surface area contributed by atoms with Gasteiger partial charge < -0.3 is 10.5 Å². The van der Waals surface area contributed by atoms with Gasteiger partial charge in [0.25, 0.3) is 5.91 Å². The monoisotopic (exact) mass is 428 g/mol. The number of amides is 1. The summed E-state index contributed by atoms with van der Waals surface area (Å²) in [6, 6.07) is 7.33. The lowest BCUT2D eigenvalue weighted by atomic mass is 10.2. The van der Waals surface area contributed by atoms with Crippen LogP contribution >= 0.6 is 34.8 Å². The predicted molar refractivity (Wildman–Crippen MR) is 110 cm³/mol. The molecule has 27 heavy (non-hydrogen) atoms. The van der Waals surface area contributed by atoms with Crippen LogP contribution in [0.3, 0.4) is 0 Å². The Morgan fingerprint density at radius 1 is 1.22 bits per heavy atom. The molecule has 1 heterocycles. The second kappa shape index (κ2) is 10.3. The number of benzene rings is 1. The number of ether oxygens (including phenoxy) is 1. The molecule has 0 radical (unpaired) electrons. The third-order valence-corrected chi connectivity index (χ3v) is 4.70. The molecule has 1 amide bonds. The number of nitrogens with zero attached hydrogens (tertiary/aromatic N) is 2. The second-order valence-electron chi connectivity index (χ2n) is 5.62. The standard InChI is InChI=1S/C18H19Cl3N4O2/c1-2-3-4-9-27-12-7-5-11(6-8-12)10-23-25-18(26)16-13(19)15(22)14(20)17(21)24-16/h5-8,10H,2-4,9H2,1H3,(H2,22,24)(H,25,26)/b23-10+. The largest absolute Gasteiger partial charge is 0.494 e. The molecule has 0 bridgehead atoms. The highest BCUT2D eigenvalue weighted by atomic mass is 35.5. The van der Waals surface area contributed by atoms with E-state index in [4.69, 9.17) is 45.3 Å². The van der Waals surface area contributed by atoms with Crippen LogP contribution in [0.15, 0.2) is 29.4 Å². The fourth-order valence-electron chi connectivity index (χ4n) is 2.09. The van der Waals surface area contributed by atoms with Gasteiger partial charge in [-0.05, 0) is 36.2 Å². The number of carbonyl (C=O) groups is 1. The van der Waals surface area contributed by atoms with Gasteiger partial charge in [0.1, 0.15) is 10.8 Å². The number of hydrogen-bond acceptors (Lipinski definition) is 5. The molecule has 0 spiro atoms. The van der Waals surface area contributed by atoms with Crippen LogP contribution in [-0.4, -0.2) is 23.7 Å². The number of anilines is 1. The predicted octanol–water partition coefficient (Wildman–Crippen LogP) is 4.96. The highest BCUT2D eigenvalue weighted by Gasteiger charge is 2.19. The van der Waals surface area contributed by atoms with Gasteiger partial charge >= 0.3 is 0 Å². The van der Waals surface area contributed by atoms with Crippen molar-refractivity contribution in [3.05, 3.63) is 50.7 Å². The van der Waals surface area contributed by atoms with Crippen molar-refractivity contribution in [3.63, 3.8) is 0 Å². The maximum atomic E-state index is 12.1. The highest BCUT2D eigenvalue weighted by molar-refractivity contribution is 6.46. The lowest BCUT2D eigenvalue weighted by Gasteiger charge is -2.07. The van der Waals surface area contributed by atoms with Crippen molar-refractivity contribution in [1.82, 2.24) is 10.4 Å². The number of aromatic nitrogens is 1. The summed E-state index contributed by atoms with van der Waals surface area (Å²) in [6.45, 7) is 2.84. The van der Waals surface area contributed by atoms with Gasteiger partial charge in [0.2, 0.25) is 0 Å². The number of nitrogen functional groups attached to an aromatic ring is 1. The van der Waals surface area contributed by atoms with E-state index in [-0.39, 0.29) is 26.6 Å². The van der Waals surface area contributed by atoms with Gasteiger partial charge in [-0.3, -0.25) is 4.79 Å². The van der Waals surface area contributed by atoms with E-state index in [1.165, 1.54) is 6.21 Å². The number of carbonyl (C=O) groups excluding carboxylic acids is 1. The van der Waals surface area contributed by atoms with E-state index in [0.29, 0.717) is 6.61 Å². The molecule has 1 aromatic heterocycles. The molecule has 0 aliphatic carbocycles. The Kier molecular flexibility index (Phi) is 8.16. The minimum Gasteiger partial charge on any atom is -0.494 e. The van der Waals surface area contributed by atoms with Crippen molar-refractivity contribution in [1.29, 1.82) is 0 Å². The lowest BCUT2D eigenvalue weighted by molar-refractivity contribution is 0.0950. The zero-order valence-electron chi connectivity index (χ0n) is 14.6. The first-order valence-electron chi connectivity index (χ1n) is 8.30. The number of unbranched alkanes of at least 4 members (excludes halogenated alkanes) is 2. The Balaban J connectivity index is 1.94. The zero-order valence-corrected chi connectivity index (χ0v) is 16.9. The van der Waals surface area contributed by atoms with E-state index in [1.54, 1.807) is 0 Å². The van der Waals surface area contributed by atoms with E-state index in [2.05, 4.69) is 22.4 Å². The summed E-state index contributed by atoms with van der Waals surface area (Å²) in [4.78, 5) is 16.0. The van der Waals surface area contributed by atoms with Crippen LogP contribution in [0.25, 0.3) is 0 Å². The van der Waals surface area contributed by atoms with Crippen molar-refractivity contribution in [2.75, 3.05) is 12.3 Å². The van der Waals surface area contributed by atoms with Crippen LogP contribution in [0.1, 0.15) is 42.2 Å². The van der Waals surface area contributed by atoms with Gasteiger partial charge in [-0.25, -0.2) is 10.4 Å². The molecule has 2 rings (SSSR count). The van der Waals surface area contributed by atoms with Crippen molar-refractivity contribution in [2.24, 2.45) is 5.10 Å². The average molecular weight is 430 g/mol. The van der Waals surface area contributed by atoms with Crippen LogP contribution in [0.2, 0.25) is 15.2 Å². The Hall–Kier alpha value is -2.02. The summed E-state index contributed by atoms with van der Waals surface area (Å²) in [6.07, 6.45) is 4.81. The summed E-state index contributed by atoms with van der Waals surface area (Å²) in [5, 5.41) is 3.68. The third kappa shape index (κ3) is 5.99. The Labute approximate surface area is 172 Å². The molecular weight excluding hydrogens is 411 g/mol. The SMILES string of the molecule is CCCCCOc1ccc(/C=N/NC(=O)c2nc(Cl)c(Cl)c(N)c2Cl)cc1. The molecule has 9 heteroatoms. The van der Waals surface area contributed by atoms with Crippen LogP contribution in [0, 0.1) is 0 Å². The molecule has 6 nitrogen and oxygen atoms in total. The zero-order chi connectivity index (χ0) is 19.8. The number of halogens is 3. The third-order valence-electron chi connectivity index (χ3n) is 3.56. The van der Waals surface area contributed by atoms with Crippen LogP contribution in [-0.2, 0) is 0 Å². The van der Waals surface area contributed by atoms with E-state index in [1.807, 2.05) is 24.3 Å². The Morgan fingerprint density at radius 2 is 1.93 bits per heavy atom. The first kappa shape index (κ1) is 21.3. The van der Waals surface area contributed by atoms with Crippen molar-refractivity contribution in [3.8, 4) is 5.75 Å². The fraction of sp³-hybridized carbons (Fsp3) is 0.278. The van der Waals surface area contributed by atoms with Gasteiger partial charge in [0, 0.05) is 0 Å². The average Bonchev–Trinajstić information content (AvgIpc) is 2.67. The molecule has 2 aromatic rings. The number of hydrazone groups is 1. The Bertz CT molecular complexity index is 826. The van der Waals surface area contributed by atoms with Gasteiger partial charge in [0.15, 0.2) is 10.8 Å². The summed E-state index contributed by atoms with van der Waals surface area (Å²) in [5.41, 5.74) is 8.62. The second-order valence-corrected chi connectivity index (χ2v) is 6.73.